The van der Waals surface area contributed by atoms with Crippen LogP contribution in [0.15, 0.2) is 18.2 Å². The molecule has 2 aliphatic rings. The number of rotatable bonds is 8. The molecule has 2 saturated heterocycles. The van der Waals surface area contributed by atoms with E-state index in [1.54, 1.807) is 7.11 Å². The highest BCUT2D eigenvalue weighted by Crippen LogP contribution is 2.32. The summed E-state index contributed by atoms with van der Waals surface area (Å²) in [5, 5.41) is 19.6. The molecule has 0 radical (unpaired) electrons. The van der Waals surface area contributed by atoms with Crippen molar-refractivity contribution in [2.75, 3.05) is 59.7 Å². The molecule has 1 aromatic carbocycles. The molecule has 0 amide bonds. The lowest BCUT2D eigenvalue weighted by atomic mass is 9.82. The van der Waals surface area contributed by atoms with Gasteiger partial charge >= 0.3 is 0 Å². The summed E-state index contributed by atoms with van der Waals surface area (Å²) in [5.41, 5.74) is 0.970. The highest BCUT2D eigenvalue weighted by molar-refractivity contribution is 5.43. The maximum Gasteiger partial charge on any atom is 0.161 e. The van der Waals surface area contributed by atoms with Crippen molar-refractivity contribution in [1.82, 2.24) is 9.80 Å². The summed E-state index contributed by atoms with van der Waals surface area (Å²) in [6.07, 6.45) is 1.26. The van der Waals surface area contributed by atoms with Crippen LogP contribution in [-0.4, -0.2) is 80.7 Å². The highest BCUT2D eigenvalue weighted by Gasteiger charge is 2.29. The van der Waals surface area contributed by atoms with Crippen molar-refractivity contribution in [2.45, 2.75) is 32.4 Å². The monoisotopic (exact) mass is 403 g/mol. The molecule has 0 saturated carbocycles. The minimum absolute atomic E-state index is 0.187. The van der Waals surface area contributed by atoms with Crippen molar-refractivity contribution in [1.29, 1.82) is 5.26 Å². The van der Waals surface area contributed by atoms with Gasteiger partial charge in [-0.15, -0.1) is 0 Å². The summed E-state index contributed by atoms with van der Waals surface area (Å²) >= 11 is 0. The van der Waals surface area contributed by atoms with Gasteiger partial charge in [0.2, 0.25) is 0 Å². The lowest BCUT2D eigenvalue weighted by Gasteiger charge is -2.35. The van der Waals surface area contributed by atoms with E-state index < -0.39 is 6.10 Å². The molecule has 0 bridgehead atoms. The van der Waals surface area contributed by atoms with Gasteiger partial charge in [-0.05, 0) is 50.6 Å². The molecule has 0 aromatic heterocycles. The number of likely N-dealkylation sites (tertiary alicyclic amines) is 1. The highest BCUT2D eigenvalue weighted by atomic mass is 16.5. The molecule has 2 heterocycles. The SMILES string of the molecule is COc1cc(CN2CCC(C)(C#N)CC2)ccc1OC[C@H](O)CN1CCOCC1. The summed E-state index contributed by atoms with van der Waals surface area (Å²) in [6, 6.07) is 8.41. The molecular weight excluding hydrogens is 370 g/mol. The first-order valence-electron chi connectivity index (χ1n) is 10.4. The first kappa shape index (κ1) is 21.8. The Morgan fingerprint density at radius 3 is 2.55 bits per heavy atom. The molecule has 1 aromatic rings. The maximum atomic E-state index is 10.3. The van der Waals surface area contributed by atoms with E-state index in [0.717, 1.165) is 64.3 Å². The van der Waals surface area contributed by atoms with E-state index in [4.69, 9.17) is 14.2 Å². The second kappa shape index (κ2) is 10.3. The van der Waals surface area contributed by atoms with Gasteiger partial charge in [-0.2, -0.15) is 5.26 Å². The Bertz CT molecular complexity index is 692. The number of β-amino-alcohol motifs (C(OH)–C–C–N with tert-alkyl or cyclic N) is 1. The number of morpholine rings is 1. The molecule has 29 heavy (non-hydrogen) atoms. The molecule has 0 spiro atoms. The van der Waals surface area contributed by atoms with Gasteiger partial charge in [-0.3, -0.25) is 9.80 Å². The van der Waals surface area contributed by atoms with Crippen LogP contribution in [0.2, 0.25) is 0 Å². The predicted molar refractivity (Wildman–Crippen MR) is 110 cm³/mol. The van der Waals surface area contributed by atoms with E-state index in [9.17, 15) is 10.4 Å². The first-order chi connectivity index (χ1) is 14.0. The molecule has 3 rings (SSSR count). The standard InChI is InChI=1S/C22H33N3O4/c1-22(17-23)5-7-24(8-6-22)14-18-3-4-20(21(13-18)27-2)29-16-19(26)15-25-9-11-28-12-10-25/h3-4,13,19,26H,5-12,14-16H2,1-2H3/t19-/m1/s1. The Labute approximate surface area is 173 Å². The van der Waals surface area contributed by atoms with Gasteiger partial charge in [-0.1, -0.05) is 6.07 Å². The van der Waals surface area contributed by atoms with Crippen molar-refractivity contribution in [3.63, 3.8) is 0 Å². The average Bonchev–Trinajstić information content (AvgIpc) is 2.75. The summed E-state index contributed by atoms with van der Waals surface area (Å²) in [5.74, 6) is 1.33. The zero-order chi connectivity index (χ0) is 20.7. The maximum absolute atomic E-state index is 10.3. The van der Waals surface area contributed by atoms with Crippen molar-refractivity contribution < 1.29 is 19.3 Å². The Morgan fingerprint density at radius 2 is 1.90 bits per heavy atom. The van der Waals surface area contributed by atoms with Crippen LogP contribution in [0.5, 0.6) is 11.5 Å². The van der Waals surface area contributed by atoms with Gasteiger partial charge in [0, 0.05) is 26.2 Å². The quantitative estimate of drug-likeness (QED) is 0.710. The number of ether oxygens (including phenoxy) is 3. The Kier molecular flexibility index (Phi) is 7.73. The number of hydrogen-bond donors (Lipinski definition) is 1. The van der Waals surface area contributed by atoms with Gasteiger partial charge in [0.15, 0.2) is 11.5 Å². The number of hydrogen-bond acceptors (Lipinski definition) is 7. The number of piperidine rings is 1. The molecule has 160 valence electrons. The Hall–Kier alpha value is -1.85. The fourth-order valence-electron chi connectivity index (χ4n) is 3.82. The number of methoxy groups -OCH3 is 1. The summed E-state index contributed by atoms with van der Waals surface area (Å²) in [4.78, 5) is 4.56. The fourth-order valence-corrected chi connectivity index (χ4v) is 3.82. The topological polar surface area (TPSA) is 78.2 Å². The van der Waals surface area contributed by atoms with Gasteiger partial charge in [-0.25, -0.2) is 0 Å². The minimum Gasteiger partial charge on any atom is -0.493 e. The van der Waals surface area contributed by atoms with Gasteiger partial charge in [0.25, 0.3) is 0 Å². The van der Waals surface area contributed by atoms with Crippen LogP contribution in [0.25, 0.3) is 0 Å². The molecule has 0 aliphatic carbocycles. The summed E-state index contributed by atoms with van der Waals surface area (Å²) in [6.45, 7) is 8.68. The van der Waals surface area contributed by atoms with Crippen LogP contribution >= 0.6 is 0 Å². The third-order valence-corrected chi connectivity index (χ3v) is 5.87. The Balaban J connectivity index is 1.50. The second-order valence-electron chi connectivity index (χ2n) is 8.31. The first-order valence-corrected chi connectivity index (χ1v) is 10.4. The lowest BCUT2D eigenvalue weighted by Crippen LogP contribution is -2.42. The Morgan fingerprint density at radius 1 is 1.17 bits per heavy atom. The molecular formula is C22H33N3O4. The zero-order valence-corrected chi connectivity index (χ0v) is 17.6. The number of aliphatic hydroxyl groups excluding tert-OH is 1. The third-order valence-electron chi connectivity index (χ3n) is 5.87. The smallest absolute Gasteiger partial charge is 0.161 e. The van der Waals surface area contributed by atoms with E-state index in [1.165, 1.54) is 0 Å². The van der Waals surface area contributed by atoms with Crippen molar-refractivity contribution in [3.05, 3.63) is 23.8 Å². The van der Waals surface area contributed by atoms with Gasteiger partial charge in [0.05, 0.1) is 31.8 Å². The number of nitrogens with zero attached hydrogens (tertiary/aromatic N) is 3. The van der Waals surface area contributed by atoms with Crippen molar-refractivity contribution in [2.24, 2.45) is 5.41 Å². The van der Waals surface area contributed by atoms with Crippen LogP contribution in [0.4, 0.5) is 0 Å². The van der Waals surface area contributed by atoms with E-state index >= 15 is 0 Å². The van der Waals surface area contributed by atoms with Crippen LogP contribution in [0.1, 0.15) is 25.3 Å². The molecule has 0 unspecified atom stereocenters. The number of aliphatic hydroxyl groups is 1. The van der Waals surface area contributed by atoms with E-state index in [0.29, 0.717) is 18.0 Å². The predicted octanol–water partition coefficient (Wildman–Crippen LogP) is 1.89. The minimum atomic E-state index is -0.555. The van der Waals surface area contributed by atoms with Crippen LogP contribution in [-0.2, 0) is 11.3 Å². The van der Waals surface area contributed by atoms with Crippen LogP contribution < -0.4 is 9.47 Å². The van der Waals surface area contributed by atoms with Gasteiger partial charge < -0.3 is 19.3 Å². The van der Waals surface area contributed by atoms with Crippen LogP contribution in [0, 0.1) is 16.7 Å². The van der Waals surface area contributed by atoms with Gasteiger partial charge in [0.1, 0.15) is 12.7 Å². The largest absolute Gasteiger partial charge is 0.493 e. The van der Waals surface area contributed by atoms with E-state index in [2.05, 4.69) is 15.9 Å². The fraction of sp³-hybridized carbons (Fsp3) is 0.682. The summed E-state index contributed by atoms with van der Waals surface area (Å²) < 4.78 is 16.7. The molecule has 7 heteroatoms. The second-order valence-corrected chi connectivity index (χ2v) is 8.31. The third kappa shape index (κ3) is 6.31. The van der Waals surface area contributed by atoms with E-state index in [1.807, 2.05) is 25.1 Å². The normalized spacial score (nSPS) is 21.3. The molecule has 1 atom stereocenters. The van der Waals surface area contributed by atoms with E-state index in [-0.39, 0.29) is 12.0 Å². The molecule has 1 N–H and O–H groups in total. The van der Waals surface area contributed by atoms with Crippen LogP contribution in [0.3, 0.4) is 0 Å². The van der Waals surface area contributed by atoms with Crippen molar-refractivity contribution in [3.8, 4) is 17.6 Å². The lowest BCUT2D eigenvalue weighted by molar-refractivity contribution is 0.00445. The molecule has 7 nitrogen and oxygen atoms in total. The zero-order valence-electron chi connectivity index (χ0n) is 17.6. The van der Waals surface area contributed by atoms with Crippen molar-refractivity contribution >= 4 is 0 Å². The number of benzene rings is 1. The average molecular weight is 404 g/mol. The molecule has 2 aliphatic heterocycles. The molecule has 2 fully saturated rings. The summed E-state index contributed by atoms with van der Waals surface area (Å²) in [7, 11) is 1.63. The number of nitriles is 1.